The molecule has 3 aliphatic heterocycles. The van der Waals surface area contributed by atoms with Gasteiger partial charge in [0.2, 0.25) is 5.88 Å². The Hall–Kier alpha value is -3.57. The molecule has 1 aromatic heterocycles. The van der Waals surface area contributed by atoms with E-state index in [1.54, 1.807) is 24.0 Å². The summed E-state index contributed by atoms with van der Waals surface area (Å²) in [4.78, 5) is 37.1. The van der Waals surface area contributed by atoms with Gasteiger partial charge in [-0.15, -0.1) is 0 Å². The Bertz CT molecular complexity index is 1230. The maximum atomic E-state index is 14.1. The fraction of sp³-hybridized carbons (Fsp3) is 0.552. The van der Waals surface area contributed by atoms with Gasteiger partial charge in [0, 0.05) is 44.2 Å². The lowest BCUT2D eigenvalue weighted by Crippen LogP contribution is -2.55. The van der Waals surface area contributed by atoms with Gasteiger partial charge in [0.25, 0.3) is 0 Å². The van der Waals surface area contributed by atoms with E-state index < -0.39 is 11.1 Å². The lowest BCUT2D eigenvalue weighted by atomic mass is 9.86. The van der Waals surface area contributed by atoms with Gasteiger partial charge in [0.1, 0.15) is 17.2 Å². The van der Waals surface area contributed by atoms with E-state index in [2.05, 4.69) is 10.9 Å². The maximum absolute atomic E-state index is 14.1. The highest BCUT2D eigenvalue weighted by atomic mass is 16.6. The molecule has 40 heavy (non-hydrogen) atoms. The SMILES string of the molecule is COc1cccc(CN2C(=O)N(c3ccc(C4CNNC4)c(OC)n3)CC23CCN(C(=O)OC(C)(C)C)CC3)c1. The van der Waals surface area contributed by atoms with Crippen LogP contribution in [0.3, 0.4) is 0 Å². The molecule has 5 rings (SSSR count). The van der Waals surface area contributed by atoms with Crippen molar-refractivity contribution >= 4 is 17.9 Å². The van der Waals surface area contributed by atoms with Crippen molar-refractivity contribution in [2.75, 3.05) is 51.8 Å². The summed E-state index contributed by atoms with van der Waals surface area (Å²) in [6.45, 7) is 9.07. The van der Waals surface area contributed by atoms with Crippen molar-refractivity contribution in [3.05, 3.63) is 47.5 Å². The van der Waals surface area contributed by atoms with Crippen LogP contribution in [0.2, 0.25) is 0 Å². The molecule has 0 radical (unpaired) electrons. The van der Waals surface area contributed by atoms with Crippen LogP contribution in [0.15, 0.2) is 36.4 Å². The van der Waals surface area contributed by atoms with Gasteiger partial charge in [-0.3, -0.25) is 15.8 Å². The largest absolute Gasteiger partial charge is 0.497 e. The highest BCUT2D eigenvalue weighted by Crippen LogP contribution is 2.40. The smallest absolute Gasteiger partial charge is 0.410 e. The Labute approximate surface area is 235 Å². The molecular weight excluding hydrogens is 512 g/mol. The van der Waals surface area contributed by atoms with Crippen LogP contribution in [0, 0.1) is 0 Å². The first-order valence-electron chi connectivity index (χ1n) is 13.8. The number of carbonyl (C=O) groups is 2. The number of benzene rings is 1. The number of aromatic nitrogens is 1. The number of nitrogens with one attached hydrogen (secondary N) is 2. The highest BCUT2D eigenvalue weighted by molar-refractivity contribution is 5.94. The summed E-state index contributed by atoms with van der Waals surface area (Å²) in [6, 6.07) is 11.6. The number of amides is 3. The van der Waals surface area contributed by atoms with Crippen molar-refractivity contribution in [3.8, 4) is 11.6 Å². The summed E-state index contributed by atoms with van der Waals surface area (Å²) in [5.41, 5.74) is 7.25. The van der Waals surface area contributed by atoms with Crippen molar-refractivity contribution in [2.45, 2.75) is 57.2 Å². The molecule has 11 nitrogen and oxygen atoms in total. The molecule has 1 spiro atoms. The van der Waals surface area contributed by atoms with Gasteiger partial charge < -0.3 is 24.0 Å². The van der Waals surface area contributed by atoms with Crippen molar-refractivity contribution in [1.29, 1.82) is 0 Å². The number of piperidine rings is 1. The number of anilines is 1. The van der Waals surface area contributed by atoms with Gasteiger partial charge in [-0.2, -0.15) is 4.98 Å². The highest BCUT2D eigenvalue weighted by Gasteiger charge is 2.52. The number of hydrazine groups is 1. The first-order valence-corrected chi connectivity index (χ1v) is 13.8. The van der Waals surface area contributed by atoms with Gasteiger partial charge >= 0.3 is 12.1 Å². The van der Waals surface area contributed by atoms with Crippen molar-refractivity contribution in [2.24, 2.45) is 0 Å². The molecule has 0 bridgehead atoms. The van der Waals surface area contributed by atoms with Crippen LogP contribution in [-0.4, -0.2) is 85.0 Å². The molecule has 11 heteroatoms. The van der Waals surface area contributed by atoms with Crippen molar-refractivity contribution in [1.82, 2.24) is 25.6 Å². The van der Waals surface area contributed by atoms with E-state index in [4.69, 9.17) is 19.2 Å². The second kappa shape index (κ2) is 11.1. The van der Waals surface area contributed by atoms with Gasteiger partial charge in [0.15, 0.2) is 0 Å². The first-order chi connectivity index (χ1) is 19.1. The van der Waals surface area contributed by atoms with E-state index in [0.717, 1.165) is 30.0 Å². The summed E-state index contributed by atoms with van der Waals surface area (Å²) in [7, 11) is 3.25. The Morgan fingerprint density at radius 2 is 1.80 bits per heavy atom. The molecule has 3 fully saturated rings. The number of carbonyl (C=O) groups excluding carboxylic acids is 2. The Balaban J connectivity index is 1.42. The molecule has 3 amide bonds. The lowest BCUT2D eigenvalue weighted by Gasteiger charge is -2.43. The summed E-state index contributed by atoms with van der Waals surface area (Å²) in [5, 5.41) is 0. The van der Waals surface area contributed by atoms with E-state index >= 15 is 0 Å². The molecule has 216 valence electrons. The summed E-state index contributed by atoms with van der Waals surface area (Å²) < 4.78 is 16.7. The first kappa shape index (κ1) is 28.0. The normalized spacial score (nSPS) is 19.4. The van der Waals surface area contributed by atoms with Crippen LogP contribution in [0.25, 0.3) is 0 Å². The van der Waals surface area contributed by atoms with Crippen LogP contribution in [-0.2, 0) is 11.3 Å². The number of hydrogen-bond donors (Lipinski definition) is 2. The standard InChI is InChI=1S/C29H40N6O5/c1-28(2,3)40-27(37)33-13-11-29(12-14-33)19-34(26(36)35(29)18-20-7-6-8-22(15-20)38-4)24-10-9-23(25(32-24)39-5)21-16-30-31-17-21/h6-10,15,21,30-31H,11-14,16-19H2,1-5H3. The van der Waals surface area contributed by atoms with Crippen molar-refractivity contribution in [3.63, 3.8) is 0 Å². The minimum atomic E-state index is -0.563. The van der Waals surface area contributed by atoms with Gasteiger partial charge in [0.05, 0.1) is 26.3 Å². The molecule has 4 heterocycles. The maximum Gasteiger partial charge on any atom is 0.410 e. The zero-order chi connectivity index (χ0) is 28.5. The number of nitrogens with zero attached hydrogens (tertiary/aromatic N) is 4. The third-order valence-corrected chi connectivity index (χ3v) is 7.91. The second-order valence-electron chi connectivity index (χ2n) is 11.7. The van der Waals surface area contributed by atoms with Crippen molar-refractivity contribution < 1.29 is 23.8 Å². The van der Waals surface area contributed by atoms with E-state index in [1.807, 2.05) is 62.1 Å². The van der Waals surface area contributed by atoms with E-state index in [0.29, 0.717) is 50.7 Å². The number of hydrogen-bond acceptors (Lipinski definition) is 8. The predicted molar refractivity (Wildman–Crippen MR) is 151 cm³/mol. The van der Waals surface area contributed by atoms with Crippen LogP contribution in [0.1, 0.15) is 50.7 Å². The molecule has 0 aliphatic carbocycles. The zero-order valence-corrected chi connectivity index (χ0v) is 24.0. The molecule has 3 saturated heterocycles. The summed E-state index contributed by atoms with van der Waals surface area (Å²) >= 11 is 0. The minimum Gasteiger partial charge on any atom is -0.497 e. The number of pyridine rings is 1. The second-order valence-corrected chi connectivity index (χ2v) is 11.7. The zero-order valence-electron chi connectivity index (χ0n) is 24.0. The van der Waals surface area contributed by atoms with E-state index in [1.165, 1.54) is 0 Å². The average Bonchev–Trinajstić information content (AvgIpc) is 3.56. The van der Waals surface area contributed by atoms with Gasteiger partial charge in [-0.25, -0.2) is 9.59 Å². The third-order valence-electron chi connectivity index (χ3n) is 7.91. The fourth-order valence-corrected chi connectivity index (χ4v) is 5.77. The number of rotatable bonds is 6. The molecule has 2 aromatic rings. The molecule has 0 atom stereocenters. The monoisotopic (exact) mass is 552 g/mol. The van der Waals surface area contributed by atoms with Gasteiger partial charge in [-0.05, 0) is 63.4 Å². The van der Waals surface area contributed by atoms with Crippen LogP contribution in [0.4, 0.5) is 15.4 Å². The predicted octanol–water partition coefficient (Wildman–Crippen LogP) is 3.50. The Kier molecular flexibility index (Phi) is 7.78. The Morgan fingerprint density at radius 1 is 1.07 bits per heavy atom. The average molecular weight is 553 g/mol. The summed E-state index contributed by atoms with van der Waals surface area (Å²) in [5.74, 6) is 2.07. The summed E-state index contributed by atoms with van der Waals surface area (Å²) in [6.07, 6.45) is 0.945. The quantitative estimate of drug-likeness (QED) is 0.561. The topological polar surface area (TPSA) is 109 Å². The molecule has 2 N–H and O–H groups in total. The van der Waals surface area contributed by atoms with E-state index in [-0.39, 0.29) is 18.0 Å². The molecule has 3 aliphatic rings. The molecular formula is C29H40N6O5. The molecule has 0 saturated carbocycles. The van der Waals surface area contributed by atoms with Gasteiger partial charge in [-0.1, -0.05) is 12.1 Å². The van der Waals surface area contributed by atoms with Crippen LogP contribution < -0.4 is 25.2 Å². The number of ether oxygens (including phenoxy) is 3. The lowest BCUT2D eigenvalue weighted by molar-refractivity contribution is 0.00785. The number of likely N-dealkylation sites (tertiary alicyclic amines) is 1. The van der Waals surface area contributed by atoms with Crippen LogP contribution >= 0.6 is 0 Å². The third kappa shape index (κ3) is 5.66. The number of urea groups is 1. The minimum absolute atomic E-state index is 0.111. The Morgan fingerprint density at radius 3 is 2.45 bits per heavy atom. The molecule has 0 unspecified atom stereocenters. The number of methoxy groups -OCH3 is 2. The van der Waals surface area contributed by atoms with Crippen LogP contribution in [0.5, 0.6) is 11.6 Å². The fourth-order valence-electron chi connectivity index (χ4n) is 5.77. The molecule has 1 aromatic carbocycles. The van der Waals surface area contributed by atoms with E-state index in [9.17, 15) is 9.59 Å².